The molecule has 2 fully saturated rings. The van der Waals surface area contributed by atoms with Crippen molar-refractivity contribution in [3.8, 4) is 0 Å². The molecule has 0 spiro atoms. The number of thiocarbonyl (C=S) groups is 1. The van der Waals surface area contributed by atoms with Gasteiger partial charge in [-0.05, 0) is 32.6 Å². The Morgan fingerprint density at radius 2 is 2.12 bits per heavy atom. The third-order valence-corrected chi connectivity index (χ3v) is 4.83. The van der Waals surface area contributed by atoms with E-state index in [4.69, 9.17) is 20.1 Å². The number of rotatable bonds is 1. The molecule has 0 aromatic heterocycles. The van der Waals surface area contributed by atoms with Gasteiger partial charge in [0.2, 0.25) is 0 Å². The van der Waals surface area contributed by atoms with Crippen LogP contribution in [0.2, 0.25) is 5.31 Å². The van der Waals surface area contributed by atoms with Gasteiger partial charge in [-0.2, -0.15) is 0 Å². The summed E-state index contributed by atoms with van der Waals surface area (Å²) < 4.78 is 0. The highest BCUT2D eigenvalue weighted by atomic mass is 32.1. The SMILES string of the molecule is [B]C1(C)CCC2C(=S)N(C(C)C)CCC2C1. The van der Waals surface area contributed by atoms with E-state index in [1.807, 2.05) is 0 Å². The molecule has 0 N–H and O–H groups in total. The van der Waals surface area contributed by atoms with Crippen molar-refractivity contribution in [1.82, 2.24) is 4.90 Å². The van der Waals surface area contributed by atoms with E-state index in [1.165, 1.54) is 17.8 Å². The molecule has 1 saturated carbocycles. The quantitative estimate of drug-likeness (QED) is 0.507. The molecule has 16 heavy (non-hydrogen) atoms. The maximum absolute atomic E-state index is 6.27. The van der Waals surface area contributed by atoms with Crippen LogP contribution in [0.4, 0.5) is 0 Å². The van der Waals surface area contributed by atoms with Gasteiger partial charge < -0.3 is 4.90 Å². The minimum atomic E-state index is 0.0524. The Kier molecular flexibility index (Phi) is 3.35. The maximum Gasteiger partial charge on any atom is 0.0815 e. The normalized spacial score (nSPS) is 40.0. The molecule has 0 aromatic rings. The summed E-state index contributed by atoms with van der Waals surface area (Å²) in [5.41, 5.74) is 0. The van der Waals surface area contributed by atoms with Crippen LogP contribution in [0.1, 0.15) is 46.5 Å². The highest BCUT2D eigenvalue weighted by Gasteiger charge is 2.40. The molecule has 3 heteroatoms. The Bertz CT molecular complexity index is 288. The van der Waals surface area contributed by atoms with Crippen molar-refractivity contribution in [2.75, 3.05) is 6.54 Å². The smallest absolute Gasteiger partial charge is 0.0815 e. The number of hydrogen-bond acceptors (Lipinski definition) is 1. The van der Waals surface area contributed by atoms with Crippen LogP contribution in [0.5, 0.6) is 0 Å². The Hall–Kier alpha value is -0.0451. The van der Waals surface area contributed by atoms with E-state index in [0.717, 1.165) is 25.3 Å². The van der Waals surface area contributed by atoms with E-state index in [0.29, 0.717) is 12.0 Å². The predicted octanol–water partition coefficient (Wildman–Crippen LogP) is 3.19. The minimum absolute atomic E-state index is 0.0524. The highest BCUT2D eigenvalue weighted by molar-refractivity contribution is 7.80. The second-order valence-electron chi connectivity index (χ2n) is 6.18. The summed E-state index contributed by atoms with van der Waals surface area (Å²) in [7, 11) is 6.27. The molecule has 1 aliphatic carbocycles. The summed E-state index contributed by atoms with van der Waals surface area (Å²) >= 11 is 5.66. The lowest BCUT2D eigenvalue weighted by Gasteiger charge is -2.48. The fraction of sp³-hybridized carbons (Fsp3) is 0.923. The van der Waals surface area contributed by atoms with E-state index < -0.39 is 0 Å². The van der Waals surface area contributed by atoms with Gasteiger partial charge in [0.25, 0.3) is 0 Å². The molecule has 3 atom stereocenters. The van der Waals surface area contributed by atoms with Gasteiger partial charge in [0.1, 0.15) is 0 Å². The summed E-state index contributed by atoms with van der Waals surface area (Å²) in [5, 5.41) is 0.0524. The van der Waals surface area contributed by atoms with Gasteiger partial charge in [0.05, 0.1) is 12.8 Å². The van der Waals surface area contributed by atoms with Crippen molar-refractivity contribution in [3.63, 3.8) is 0 Å². The molecule has 1 nitrogen and oxygen atoms in total. The van der Waals surface area contributed by atoms with E-state index in [9.17, 15) is 0 Å². The van der Waals surface area contributed by atoms with Crippen LogP contribution in [-0.4, -0.2) is 30.3 Å². The first-order valence-corrected chi connectivity index (χ1v) is 6.91. The summed E-state index contributed by atoms with van der Waals surface area (Å²) in [6.07, 6.45) is 4.75. The molecule has 1 aliphatic heterocycles. The Balaban J connectivity index is 2.08. The van der Waals surface area contributed by atoms with Crippen molar-refractivity contribution in [3.05, 3.63) is 0 Å². The monoisotopic (exact) mass is 235 g/mol. The molecule has 2 radical (unpaired) electrons. The Morgan fingerprint density at radius 3 is 2.75 bits per heavy atom. The van der Waals surface area contributed by atoms with Gasteiger partial charge in [-0.25, -0.2) is 0 Å². The first-order chi connectivity index (χ1) is 7.41. The van der Waals surface area contributed by atoms with Gasteiger partial charge >= 0.3 is 0 Å². The van der Waals surface area contributed by atoms with Crippen molar-refractivity contribution in [1.29, 1.82) is 0 Å². The van der Waals surface area contributed by atoms with Crippen LogP contribution in [0.15, 0.2) is 0 Å². The third-order valence-electron chi connectivity index (χ3n) is 4.29. The lowest BCUT2D eigenvalue weighted by Crippen LogP contribution is -2.49. The molecule has 2 rings (SSSR count). The largest absolute Gasteiger partial charge is 0.363 e. The summed E-state index contributed by atoms with van der Waals surface area (Å²) in [6.45, 7) is 7.81. The van der Waals surface area contributed by atoms with Crippen molar-refractivity contribution in [2.24, 2.45) is 11.8 Å². The van der Waals surface area contributed by atoms with Crippen LogP contribution in [0, 0.1) is 11.8 Å². The minimum Gasteiger partial charge on any atom is -0.363 e. The number of hydrogen-bond donors (Lipinski definition) is 0. The van der Waals surface area contributed by atoms with Crippen LogP contribution in [0.25, 0.3) is 0 Å². The highest BCUT2D eigenvalue weighted by Crippen LogP contribution is 2.48. The zero-order valence-electron chi connectivity index (χ0n) is 10.7. The topological polar surface area (TPSA) is 3.24 Å². The van der Waals surface area contributed by atoms with E-state index in [2.05, 4.69) is 25.7 Å². The van der Waals surface area contributed by atoms with Gasteiger partial charge in [0.15, 0.2) is 0 Å². The first kappa shape index (κ1) is 12.4. The molecule has 1 heterocycles. The van der Waals surface area contributed by atoms with E-state index in [-0.39, 0.29) is 5.31 Å². The molecule has 0 amide bonds. The molecule has 0 aromatic carbocycles. The summed E-state index contributed by atoms with van der Waals surface area (Å²) in [5.74, 6) is 1.37. The second-order valence-corrected chi connectivity index (χ2v) is 6.60. The zero-order chi connectivity index (χ0) is 11.9. The number of piperidine rings is 1. The summed E-state index contributed by atoms with van der Waals surface area (Å²) in [4.78, 5) is 3.62. The molecule has 2 aliphatic rings. The van der Waals surface area contributed by atoms with Crippen LogP contribution >= 0.6 is 12.2 Å². The standard InChI is InChI=1S/C13H22BNS/c1-9(2)15-7-5-10-8-13(3,14)6-4-11(10)12(15)16/h9-11H,4-8H2,1-3H3. The average Bonchev–Trinajstić information content (AvgIpc) is 2.15. The van der Waals surface area contributed by atoms with Crippen molar-refractivity contribution < 1.29 is 0 Å². The average molecular weight is 235 g/mol. The van der Waals surface area contributed by atoms with E-state index in [1.54, 1.807) is 0 Å². The molecular weight excluding hydrogens is 213 g/mol. The van der Waals surface area contributed by atoms with Gasteiger partial charge in [-0.1, -0.05) is 37.3 Å². The van der Waals surface area contributed by atoms with E-state index >= 15 is 0 Å². The first-order valence-electron chi connectivity index (χ1n) is 6.50. The van der Waals surface area contributed by atoms with Crippen molar-refractivity contribution in [2.45, 2.75) is 57.8 Å². The van der Waals surface area contributed by atoms with Crippen molar-refractivity contribution >= 4 is 25.1 Å². The molecular formula is C13H22BNS. The lowest BCUT2D eigenvalue weighted by atomic mass is 9.55. The number of fused-ring (bicyclic) bond motifs is 1. The van der Waals surface area contributed by atoms with Gasteiger partial charge in [-0.3, -0.25) is 0 Å². The second kappa shape index (κ2) is 4.32. The molecule has 88 valence electrons. The van der Waals surface area contributed by atoms with Crippen LogP contribution in [-0.2, 0) is 0 Å². The fourth-order valence-electron chi connectivity index (χ4n) is 3.33. The Morgan fingerprint density at radius 1 is 1.44 bits per heavy atom. The predicted molar refractivity (Wildman–Crippen MR) is 74.0 cm³/mol. The maximum atomic E-state index is 6.27. The molecule has 0 bridgehead atoms. The third kappa shape index (κ3) is 2.29. The van der Waals surface area contributed by atoms with Crippen LogP contribution in [0.3, 0.4) is 0 Å². The fourth-order valence-corrected chi connectivity index (χ4v) is 3.95. The lowest BCUT2D eigenvalue weighted by molar-refractivity contribution is 0.167. The molecule has 1 saturated heterocycles. The molecule has 3 unspecified atom stereocenters. The number of likely N-dealkylation sites (tertiary alicyclic amines) is 1. The van der Waals surface area contributed by atoms with Gasteiger partial charge in [-0.15, -0.1) is 0 Å². The van der Waals surface area contributed by atoms with Gasteiger partial charge in [0, 0.05) is 18.5 Å². The van der Waals surface area contributed by atoms with Crippen LogP contribution < -0.4 is 0 Å². The summed E-state index contributed by atoms with van der Waals surface area (Å²) in [6, 6.07) is 0.555. The zero-order valence-corrected chi connectivity index (χ0v) is 11.5. The Labute approximate surface area is 106 Å². The number of nitrogens with zero attached hydrogens (tertiary/aromatic N) is 1.